The molecule has 0 unspecified atom stereocenters. The van der Waals surface area contributed by atoms with Gasteiger partial charge in [-0.05, 0) is 34.4 Å². The Morgan fingerprint density at radius 2 is 1.47 bits per heavy atom. The molecule has 0 fully saturated rings. The lowest BCUT2D eigenvalue weighted by atomic mass is 9.89. The predicted octanol–water partition coefficient (Wildman–Crippen LogP) is 4.23. The molecule has 0 saturated carbocycles. The first-order chi connectivity index (χ1) is 14.6. The van der Waals surface area contributed by atoms with Gasteiger partial charge < -0.3 is 10.4 Å². The summed E-state index contributed by atoms with van der Waals surface area (Å²) < 4.78 is 0. The molecule has 1 amide bonds. The Morgan fingerprint density at radius 3 is 2.13 bits per heavy atom. The number of carboxylic acid groups (broad SMARTS) is 1. The first-order valence-electron chi connectivity index (χ1n) is 9.70. The van der Waals surface area contributed by atoms with Gasteiger partial charge in [0.05, 0.1) is 11.1 Å². The number of nitrogens with one attached hydrogen (secondary N) is 1. The molecule has 5 heteroatoms. The average molecular weight is 394 g/mol. The highest BCUT2D eigenvalue weighted by atomic mass is 16.4. The number of pyridine rings is 1. The van der Waals surface area contributed by atoms with Crippen LogP contribution < -0.4 is 5.32 Å². The minimum absolute atomic E-state index is 0.333. The monoisotopic (exact) mass is 394 g/mol. The summed E-state index contributed by atoms with van der Waals surface area (Å²) in [5, 5.41) is 13.6. The van der Waals surface area contributed by atoms with Crippen LogP contribution in [0.1, 0.15) is 27.4 Å². The number of hydrogen-bond acceptors (Lipinski definition) is 3. The summed E-state index contributed by atoms with van der Waals surface area (Å²) in [5.74, 6) is -2.00. The predicted molar refractivity (Wildman–Crippen MR) is 114 cm³/mol. The SMILES string of the molecule is O=C(N[C@@H](C(=O)O)C1c2ccccc2-c2ccccc21)c1cnc2ccccc2c1. The first-order valence-corrected chi connectivity index (χ1v) is 9.70. The number of aliphatic carboxylic acids is 1. The number of para-hydroxylation sites is 1. The van der Waals surface area contributed by atoms with E-state index in [1.54, 1.807) is 6.07 Å². The van der Waals surface area contributed by atoms with Gasteiger partial charge in [0.2, 0.25) is 0 Å². The van der Waals surface area contributed by atoms with E-state index in [2.05, 4.69) is 10.3 Å². The number of amides is 1. The third-order valence-corrected chi connectivity index (χ3v) is 5.62. The molecular formula is C25H18N2O3. The minimum atomic E-state index is -1.10. The molecule has 1 heterocycles. The summed E-state index contributed by atoms with van der Waals surface area (Å²) in [6, 6.07) is 23.6. The quantitative estimate of drug-likeness (QED) is 0.543. The zero-order valence-electron chi connectivity index (χ0n) is 15.9. The molecule has 0 bridgehead atoms. The van der Waals surface area contributed by atoms with E-state index >= 15 is 0 Å². The Kier molecular flexibility index (Phi) is 4.29. The Balaban J connectivity index is 1.53. The second-order valence-corrected chi connectivity index (χ2v) is 7.36. The highest BCUT2D eigenvalue weighted by molar-refractivity contribution is 5.99. The molecule has 3 aromatic carbocycles. The number of fused-ring (bicyclic) bond motifs is 4. The largest absolute Gasteiger partial charge is 0.480 e. The highest BCUT2D eigenvalue weighted by Gasteiger charge is 2.39. The van der Waals surface area contributed by atoms with Gasteiger partial charge in [0.25, 0.3) is 5.91 Å². The molecule has 1 atom stereocenters. The van der Waals surface area contributed by atoms with Crippen molar-refractivity contribution >= 4 is 22.8 Å². The van der Waals surface area contributed by atoms with Crippen LogP contribution in [-0.4, -0.2) is 28.0 Å². The lowest BCUT2D eigenvalue weighted by molar-refractivity contribution is -0.139. The van der Waals surface area contributed by atoms with Crippen molar-refractivity contribution in [3.8, 4) is 11.1 Å². The van der Waals surface area contributed by atoms with Gasteiger partial charge in [-0.2, -0.15) is 0 Å². The fraction of sp³-hybridized carbons (Fsp3) is 0.0800. The van der Waals surface area contributed by atoms with Crippen LogP contribution in [0.5, 0.6) is 0 Å². The van der Waals surface area contributed by atoms with Crippen molar-refractivity contribution in [1.82, 2.24) is 10.3 Å². The standard InChI is InChI=1S/C25H18N2O3/c28-24(16-13-15-7-1-6-12-21(15)26-14-16)27-23(25(29)30)22-19-10-4-2-8-17(19)18-9-3-5-11-20(18)22/h1-14,22-23H,(H,27,28)(H,29,30)/t23-/m1/s1. The Bertz CT molecular complexity index is 1250. The number of carboxylic acids is 1. The van der Waals surface area contributed by atoms with Crippen molar-refractivity contribution in [1.29, 1.82) is 0 Å². The van der Waals surface area contributed by atoms with E-state index in [0.717, 1.165) is 33.2 Å². The molecule has 4 aromatic rings. The molecule has 2 N–H and O–H groups in total. The van der Waals surface area contributed by atoms with Crippen LogP contribution in [0, 0.1) is 0 Å². The van der Waals surface area contributed by atoms with Crippen molar-refractivity contribution in [3.63, 3.8) is 0 Å². The maximum Gasteiger partial charge on any atom is 0.327 e. The Hall–Kier alpha value is -3.99. The zero-order chi connectivity index (χ0) is 20.7. The molecule has 1 aromatic heterocycles. The second-order valence-electron chi connectivity index (χ2n) is 7.36. The van der Waals surface area contributed by atoms with Gasteiger partial charge in [-0.1, -0.05) is 66.7 Å². The van der Waals surface area contributed by atoms with Crippen LogP contribution in [0.2, 0.25) is 0 Å². The van der Waals surface area contributed by atoms with Gasteiger partial charge in [0.15, 0.2) is 0 Å². The summed E-state index contributed by atoms with van der Waals surface area (Å²) in [7, 11) is 0. The van der Waals surface area contributed by atoms with Crippen molar-refractivity contribution in [2.24, 2.45) is 0 Å². The number of carbonyl (C=O) groups excluding carboxylic acids is 1. The molecule has 0 aliphatic heterocycles. The molecule has 30 heavy (non-hydrogen) atoms. The van der Waals surface area contributed by atoms with Gasteiger partial charge in [-0.3, -0.25) is 9.78 Å². The van der Waals surface area contributed by atoms with Gasteiger partial charge >= 0.3 is 5.97 Å². The summed E-state index contributed by atoms with van der Waals surface area (Å²) in [6.07, 6.45) is 1.48. The molecule has 1 aliphatic rings. The molecule has 0 spiro atoms. The van der Waals surface area contributed by atoms with E-state index in [1.807, 2.05) is 72.8 Å². The molecule has 0 saturated heterocycles. The van der Waals surface area contributed by atoms with Gasteiger partial charge in [0, 0.05) is 17.5 Å². The molecular weight excluding hydrogens is 376 g/mol. The first kappa shape index (κ1) is 18.1. The number of nitrogens with zero attached hydrogens (tertiary/aromatic N) is 1. The third kappa shape index (κ3) is 2.92. The number of rotatable bonds is 4. The average Bonchev–Trinajstić information content (AvgIpc) is 3.11. The van der Waals surface area contributed by atoms with Crippen LogP contribution >= 0.6 is 0 Å². The lowest BCUT2D eigenvalue weighted by Gasteiger charge is -2.23. The smallest absolute Gasteiger partial charge is 0.327 e. The van der Waals surface area contributed by atoms with E-state index in [-0.39, 0.29) is 0 Å². The fourth-order valence-electron chi connectivity index (χ4n) is 4.26. The molecule has 5 rings (SSSR count). The number of benzene rings is 3. The van der Waals surface area contributed by atoms with Crippen LogP contribution in [0.3, 0.4) is 0 Å². The van der Waals surface area contributed by atoms with Crippen molar-refractivity contribution in [2.45, 2.75) is 12.0 Å². The number of aromatic nitrogens is 1. The lowest BCUT2D eigenvalue weighted by Crippen LogP contribution is -2.45. The van der Waals surface area contributed by atoms with E-state index in [4.69, 9.17) is 0 Å². The minimum Gasteiger partial charge on any atom is -0.480 e. The maximum atomic E-state index is 13.0. The summed E-state index contributed by atoms with van der Waals surface area (Å²) >= 11 is 0. The van der Waals surface area contributed by atoms with Crippen molar-refractivity contribution < 1.29 is 14.7 Å². The maximum absolute atomic E-state index is 13.0. The third-order valence-electron chi connectivity index (χ3n) is 5.62. The van der Waals surface area contributed by atoms with Gasteiger partial charge in [-0.25, -0.2) is 4.79 Å². The molecule has 5 nitrogen and oxygen atoms in total. The van der Waals surface area contributed by atoms with Gasteiger partial charge in [0.1, 0.15) is 6.04 Å². The zero-order valence-corrected chi connectivity index (χ0v) is 15.9. The highest BCUT2D eigenvalue weighted by Crippen LogP contribution is 2.46. The van der Waals surface area contributed by atoms with E-state index in [9.17, 15) is 14.7 Å². The van der Waals surface area contributed by atoms with E-state index < -0.39 is 23.8 Å². The number of carbonyl (C=O) groups is 2. The summed E-state index contributed by atoms with van der Waals surface area (Å²) in [4.78, 5) is 29.5. The van der Waals surface area contributed by atoms with Crippen molar-refractivity contribution in [2.75, 3.05) is 0 Å². The summed E-state index contributed by atoms with van der Waals surface area (Å²) in [6.45, 7) is 0. The second kappa shape index (κ2) is 7.12. The molecule has 146 valence electrons. The van der Waals surface area contributed by atoms with E-state index in [0.29, 0.717) is 5.56 Å². The molecule has 1 aliphatic carbocycles. The summed E-state index contributed by atoms with van der Waals surface area (Å²) in [5.41, 5.74) is 4.94. The number of hydrogen-bond donors (Lipinski definition) is 2. The van der Waals surface area contributed by atoms with Crippen molar-refractivity contribution in [3.05, 3.63) is 102 Å². The Morgan fingerprint density at radius 1 is 0.867 bits per heavy atom. The van der Waals surface area contributed by atoms with Crippen LogP contribution in [-0.2, 0) is 4.79 Å². The topological polar surface area (TPSA) is 79.3 Å². The van der Waals surface area contributed by atoms with E-state index in [1.165, 1.54) is 6.20 Å². The Labute approximate surface area is 173 Å². The normalized spacial score (nSPS) is 13.5. The van der Waals surface area contributed by atoms with Gasteiger partial charge in [-0.15, -0.1) is 0 Å². The van der Waals surface area contributed by atoms with Crippen LogP contribution in [0.25, 0.3) is 22.0 Å². The van der Waals surface area contributed by atoms with Crippen LogP contribution in [0.15, 0.2) is 85.1 Å². The fourth-order valence-corrected chi connectivity index (χ4v) is 4.26. The van der Waals surface area contributed by atoms with Crippen LogP contribution in [0.4, 0.5) is 0 Å². The molecule has 0 radical (unpaired) electrons.